The predicted octanol–water partition coefficient (Wildman–Crippen LogP) is 0.378. The third-order valence-electron chi connectivity index (χ3n) is 3.85. The van der Waals surface area contributed by atoms with Crippen LogP contribution < -0.4 is 17.7 Å². The molecule has 128 valence electrons. The molecule has 1 aliphatic heterocycles. The second-order valence-corrected chi connectivity index (χ2v) is 5.46. The largest absolute Gasteiger partial charge is 1.00 e. The Balaban J connectivity index is 0.00000144. The van der Waals surface area contributed by atoms with Gasteiger partial charge in [-0.2, -0.15) is 4.79 Å². The van der Waals surface area contributed by atoms with E-state index in [-0.39, 0.29) is 36.9 Å². The molecule has 6 heteroatoms. The zero-order valence-corrected chi connectivity index (χ0v) is 14.8. The fraction of sp³-hybridized carbons (Fsp3) is 0.278. The summed E-state index contributed by atoms with van der Waals surface area (Å²) in [6, 6.07) is 15.8. The van der Waals surface area contributed by atoms with Gasteiger partial charge in [0.1, 0.15) is 6.04 Å². The molecular formula is C18H21Cl2N3O. The second kappa shape index (κ2) is 10.1. The number of hydrogen-bond acceptors (Lipinski definition) is 2. The number of nitrogens with zero attached hydrogens (tertiary/aromatic N) is 2. The van der Waals surface area contributed by atoms with E-state index in [4.69, 9.17) is 0 Å². The van der Waals surface area contributed by atoms with Crippen LogP contribution in [0.3, 0.4) is 0 Å². The standard InChI is InChI=1S/C18H19N3O.2ClH/c22-18(21-12-6-7-13-21)20-17(15-8-2-1-3-9-15)14-16-10-4-5-11-19-16;;/h1-5,8-12,17H,6-7,13-14H2;2*1H. The van der Waals surface area contributed by atoms with Gasteiger partial charge in [-0.05, 0) is 24.1 Å². The summed E-state index contributed by atoms with van der Waals surface area (Å²) in [7, 11) is 0. The zero-order chi connectivity index (χ0) is 15.2. The van der Waals surface area contributed by atoms with E-state index in [1.807, 2.05) is 54.7 Å². The monoisotopic (exact) mass is 365 g/mol. The lowest BCUT2D eigenvalue weighted by molar-refractivity contribution is -0.415. The van der Waals surface area contributed by atoms with Crippen LogP contribution in [-0.2, 0) is 6.42 Å². The first-order valence-electron chi connectivity index (χ1n) is 7.68. The molecule has 1 aromatic heterocycles. The van der Waals surface area contributed by atoms with Crippen molar-refractivity contribution in [2.45, 2.75) is 25.3 Å². The fourth-order valence-corrected chi connectivity index (χ4v) is 2.68. The van der Waals surface area contributed by atoms with Crippen molar-refractivity contribution in [2.24, 2.45) is 0 Å². The third-order valence-corrected chi connectivity index (χ3v) is 3.85. The maximum absolute atomic E-state index is 12.4. The van der Waals surface area contributed by atoms with Crippen molar-refractivity contribution < 1.29 is 21.8 Å². The van der Waals surface area contributed by atoms with Crippen molar-refractivity contribution in [1.29, 1.82) is 0 Å². The van der Waals surface area contributed by atoms with Crippen molar-refractivity contribution in [1.82, 2.24) is 10.3 Å². The number of carbonyl (C=O) groups is 1. The van der Waals surface area contributed by atoms with Gasteiger partial charge < -0.3 is 12.4 Å². The van der Waals surface area contributed by atoms with Gasteiger partial charge in [0.15, 0.2) is 0 Å². The predicted molar refractivity (Wildman–Crippen MR) is 93.3 cm³/mol. The quantitative estimate of drug-likeness (QED) is 0.796. The van der Waals surface area contributed by atoms with Gasteiger partial charge in [0.2, 0.25) is 0 Å². The summed E-state index contributed by atoms with van der Waals surface area (Å²) in [5.41, 5.74) is 2.07. The summed E-state index contributed by atoms with van der Waals surface area (Å²) >= 11 is 0. The van der Waals surface area contributed by atoms with Crippen LogP contribution >= 0.6 is 12.4 Å². The number of halogens is 2. The Hall–Kier alpha value is -1.91. The van der Waals surface area contributed by atoms with Gasteiger partial charge in [-0.3, -0.25) is 4.98 Å². The summed E-state index contributed by atoms with van der Waals surface area (Å²) < 4.78 is 1.77. The number of amides is 2. The van der Waals surface area contributed by atoms with Gasteiger partial charge in [0, 0.05) is 24.7 Å². The topological polar surface area (TPSA) is 45.0 Å². The zero-order valence-electron chi connectivity index (χ0n) is 13.3. The summed E-state index contributed by atoms with van der Waals surface area (Å²) in [6.45, 7) is 0.803. The Morgan fingerprint density at radius 1 is 1.17 bits per heavy atom. The van der Waals surface area contributed by atoms with Crippen LogP contribution in [0, 0.1) is 0 Å². The van der Waals surface area contributed by atoms with E-state index in [0.29, 0.717) is 6.42 Å². The van der Waals surface area contributed by atoms with Gasteiger partial charge in [0.25, 0.3) is 0 Å². The van der Waals surface area contributed by atoms with Crippen LogP contribution in [0.5, 0.6) is 0 Å². The Labute approximate surface area is 154 Å². The highest BCUT2D eigenvalue weighted by molar-refractivity contribution is 5.85. The van der Waals surface area contributed by atoms with Gasteiger partial charge in [0.05, 0.1) is 12.8 Å². The number of rotatable bonds is 4. The normalized spacial score (nSPS) is 13.9. The lowest BCUT2D eigenvalue weighted by Crippen LogP contribution is -3.00. The molecule has 0 bridgehead atoms. The molecule has 0 saturated carbocycles. The SMILES string of the molecule is Cl.O=C(NC(Cc1ccccn1)c1ccccc1)[N+]1=CCCC1.[Cl-]. The summed E-state index contributed by atoms with van der Waals surface area (Å²) in [5, 5.41) is 3.14. The molecule has 24 heavy (non-hydrogen) atoms. The van der Waals surface area contributed by atoms with E-state index in [2.05, 4.69) is 10.3 Å². The molecule has 4 nitrogen and oxygen atoms in total. The smallest absolute Gasteiger partial charge is 0.491 e. The van der Waals surface area contributed by atoms with Gasteiger partial charge >= 0.3 is 6.03 Å². The average Bonchev–Trinajstić information content (AvgIpc) is 3.11. The lowest BCUT2D eigenvalue weighted by atomic mass is 10.0. The maximum Gasteiger partial charge on any atom is 0.491 e. The van der Waals surface area contributed by atoms with E-state index in [1.54, 1.807) is 10.8 Å². The Bertz CT molecular complexity index is 662. The first-order chi connectivity index (χ1) is 10.8. The van der Waals surface area contributed by atoms with Crippen molar-refractivity contribution in [3.05, 3.63) is 66.0 Å². The molecule has 3 rings (SSSR count). The highest BCUT2D eigenvalue weighted by Crippen LogP contribution is 2.17. The van der Waals surface area contributed by atoms with Crippen molar-refractivity contribution in [3.63, 3.8) is 0 Å². The molecule has 2 amide bonds. The molecule has 2 aromatic rings. The summed E-state index contributed by atoms with van der Waals surface area (Å²) in [4.78, 5) is 16.8. The van der Waals surface area contributed by atoms with E-state index >= 15 is 0 Å². The van der Waals surface area contributed by atoms with E-state index in [1.165, 1.54) is 0 Å². The van der Waals surface area contributed by atoms with Crippen LogP contribution in [0.2, 0.25) is 0 Å². The molecule has 2 heterocycles. The molecule has 1 aromatic carbocycles. The van der Waals surface area contributed by atoms with Crippen LogP contribution in [0.1, 0.15) is 30.1 Å². The molecule has 1 atom stereocenters. The summed E-state index contributed by atoms with van der Waals surface area (Å²) in [5.74, 6) is 0. The van der Waals surface area contributed by atoms with Gasteiger partial charge in [-0.15, -0.1) is 12.4 Å². The van der Waals surface area contributed by atoms with E-state index in [0.717, 1.165) is 30.6 Å². The first kappa shape index (κ1) is 20.1. The van der Waals surface area contributed by atoms with Crippen LogP contribution in [0.15, 0.2) is 54.7 Å². The third kappa shape index (κ3) is 5.32. The number of aromatic nitrogens is 1. The molecule has 0 saturated heterocycles. The number of benzene rings is 1. The minimum Gasteiger partial charge on any atom is -1.00 e. The molecule has 1 N–H and O–H groups in total. The lowest BCUT2D eigenvalue weighted by Gasteiger charge is -2.14. The number of urea groups is 1. The van der Waals surface area contributed by atoms with Crippen LogP contribution in [0.4, 0.5) is 4.79 Å². The Morgan fingerprint density at radius 2 is 1.92 bits per heavy atom. The minimum atomic E-state index is -0.0717. The van der Waals surface area contributed by atoms with Crippen molar-refractivity contribution in [3.8, 4) is 0 Å². The molecule has 0 spiro atoms. The fourth-order valence-electron chi connectivity index (χ4n) is 2.68. The second-order valence-electron chi connectivity index (χ2n) is 5.46. The van der Waals surface area contributed by atoms with Gasteiger partial charge in [-0.25, -0.2) is 9.89 Å². The molecule has 1 unspecified atom stereocenters. The maximum atomic E-state index is 12.4. The number of hydrogen-bond donors (Lipinski definition) is 1. The molecule has 0 fully saturated rings. The van der Waals surface area contributed by atoms with E-state index in [9.17, 15) is 4.79 Å². The Kier molecular flexibility index (Phi) is 8.44. The number of carbonyl (C=O) groups excluding carboxylic acids is 1. The molecular weight excluding hydrogens is 345 g/mol. The molecule has 1 aliphatic rings. The van der Waals surface area contributed by atoms with Crippen molar-refractivity contribution >= 4 is 24.7 Å². The van der Waals surface area contributed by atoms with Crippen molar-refractivity contribution in [2.75, 3.05) is 6.54 Å². The molecule has 0 radical (unpaired) electrons. The number of pyridine rings is 1. The highest BCUT2D eigenvalue weighted by Gasteiger charge is 2.25. The van der Waals surface area contributed by atoms with Crippen LogP contribution in [0.25, 0.3) is 0 Å². The molecule has 0 aliphatic carbocycles. The number of nitrogens with one attached hydrogen (secondary N) is 1. The van der Waals surface area contributed by atoms with Gasteiger partial charge in [-0.1, -0.05) is 36.4 Å². The average molecular weight is 366 g/mol. The first-order valence-corrected chi connectivity index (χ1v) is 7.68. The highest BCUT2D eigenvalue weighted by atomic mass is 35.5. The van der Waals surface area contributed by atoms with E-state index < -0.39 is 0 Å². The van der Waals surface area contributed by atoms with Crippen LogP contribution in [-0.4, -0.2) is 28.3 Å². The Morgan fingerprint density at radius 3 is 2.54 bits per heavy atom. The summed E-state index contributed by atoms with van der Waals surface area (Å²) in [6.07, 6.45) is 6.46. The minimum absolute atomic E-state index is 0.